The molecule has 0 bridgehead atoms. The second kappa shape index (κ2) is 9.50. The average molecular weight is 429 g/mol. The first-order chi connectivity index (χ1) is 13.0. The second-order valence-electron chi connectivity index (χ2n) is 5.93. The number of hydrogen-bond donors (Lipinski definition) is 1. The molecule has 1 aliphatic rings. The fourth-order valence-electron chi connectivity index (χ4n) is 2.52. The zero-order valence-electron chi connectivity index (χ0n) is 14.4. The van der Waals surface area contributed by atoms with Crippen LogP contribution in [-0.4, -0.2) is 42.0 Å². The summed E-state index contributed by atoms with van der Waals surface area (Å²) in [6, 6.07) is 6.14. The number of hydrogen-bond acceptors (Lipinski definition) is 6. The lowest BCUT2D eigenvalue weighted by molar-refractivity contribution is -0.118. The van der Waals surface area contributed by atoms with Gasteiger partial charge < -0.3 is 14.5 Å². The first kappa shape index (κ1) is 20.1. The maximum atomic E-state index is 12.2. The largest absolute Gasteiger partial charge is 0.477 e. The van der Waals surface area contributed by atoms with Gasteiger partial charge in [-0.15, -0.1) is 0 Å². The molecule has 0 atom stereocenters. The quantitative estimate of drug-likeness (QED) is 0.758. The van der Waals surface area contributed by atoms with Gasteiger partial charge in [0.1, 0.15) is 12.0 Å². The highest BCUT2D eigenvalue weighted by molar-refractivity contribution is 7.99. The molecule has 1 aliphatic heterocycles. The van der Waals surface area contributed by atoms with E-state index in [0.717, 1.165) is 24.6 Å². The summed E-state index contributed by atoms with van der Waals surface area (Å²) in [6.45, 7) is 2.21. The van der Waals surface area contributed by atoms with Gasteiger partial charge in [0.25, 0.3) is 5.91 Å². The third-order valence-electron chi connectivity index (χ3n) is 3.90. The van der Waals surface area contributed by atoms with E-state index in [2.05, 4.69) is 10.2 Å². The van der Waals surface area contributed by atoms with Crippen LogP contribution in [0.2, 0.25) is 10.0 Å². The van der Waals surface area contributed by atoms with Gasteiger partial charge in [-0.25, -0.2) is 0 Å². The van der Waals surface area contributed by atoms with Crippen LogP contribution in [0.1, 0.15) is 5.76 Å². The van der Waals surface area contributed by atoms with Crippen LogP contribution in [0.4, 0.5) is 5.69 Å². The maximum absolute atomic E-state index is 12.2. The minimum atomic E-state index is -0.428. The van der Waals surface area contributed by atoms with E-state index in [1.54, 1.807) is 12.1 Å². The maximum Gasteiger partial charge on any atom is 0.262 e. The highest BCUT2D eigenvalue weighted by atomic mass is 35.5. The lowest BCUT2D eigenvalue weighted by atomic mass is 10.3. The molecule has 6 nitrogen and oxygen atoms in total. The summed E-state index contributed by atoms with van der Waals surface area (Å²) in [4.78, 5) is 26.4. The monoisotopic (exact) mass is 428 g/mol. The Morgan fingerprint density at radius 1 is 1.22 bits per heavy atom. The van der Waals surface area contributed by atoms with Crippen molar-refractivity contribution >= 4 is 46.6 Å². The predicted molar refractivity (Wildman–Crippen MR) is 108 cm³/mol. The molecule has 0 aliphatic carbocycles. The number of nitrogens with one attached hydrogen (secondary N) is 1. The van der Waals surface area contributed by atoms with Crippen LogP contribution in [-0.2, 0) is 11.3 Å². The van der Waals surface area contributed by atoms with Crippen LogP contribution >= 0.6 is 35.0 Å². The van der Waals surface area contributed by atoms with E-state index >= 15 is 0 Å². The molecule has 144 valence electrons. The molecule has 0 saturated carbocycles. The third-order valence-corrected chi connectivity index (χ3v) is 5.58. The van der Waals surface area contributed by atoms with Gasteiger partial charge in [-0.05, 0) is 18.2 Å². The van der Waals surface area contributed by atoms with Gasteiger partial charge in [-0.2, -0.15) is 11.8 Å². The topological polar surface area (TPSA) is 71.8 Å². The normalized spacial score (nSPS) is 14.7. The molecule has 9 heteroatoms. The SMILES string of the molecule is O=C(COc1coc(CN2CCSCC2)cc1=O)Nc1ccc(Cl)c(Cl)c1. The van der Waals surface area contributed by atoms with Crippen molar-refractivity contribution in [2.24, 2.45) is 0 Å². The molecule has 0 spiro atoms. The van der Waals surface area contributed by atoms with E-state index in [-0.39, 0.29) is 17.8 Å². The summed E-state index contributed by atoms with van der Waals surface area (Å²) < 4.78 is 10.8. The Morgan fingerprint density at radius 3 is 2.70 bits per heavy atom. The van der Waals surface area contributed by atoms with Crippen molar-refractivity contribution in [3.05, 3.63) is 56.6 Å². The molecule has 2 heterocycles. The van der Waals surface area contributed by atoms with Crippen LogP contribution < -0.4 is 15.5 Å². The van der Waals surface area contributed by atoms with Gasteiger partial charge in [-0.1, -0.05) is 23.2 Å². The molecule has 1 saturated heterocycles. The summed E-state index contributed by atoms with van der Waals surface area (Å²) in [6.07, 6.45) is 1.25. The number of rotatable bonds is 6. The summed E-state index contributed by atoms with van der Waals surface area (Å²) in [5.41, 5.74) is 0.171. The lowest BCUT2D eigenvalue weighted by Crippen LogP contribution is -2.32. The molecule has 1 N–H and O–H groups in total. The Kier molecular flexibility index (Phi) is 7.07. The molecule has 0 unspecified atom stereocenters. The molecule has 2 aromatic rings. The highest BCUT2D eigenvalue weighted by Crippen LogP contribution is 2.25. The number of halogens is 2. The van der Waals surface area contributed by atoms with Crippen molar-refractivity contribution in [2.45, 2.75) is 6.54 Å². The minimum absolute atomic E-state index is 0.00256. The Labute approximate surface area is 170 Å². The van der Waals surface area contributed by atoms with Crippen LogP contribution in [0.25, 0.3) is 0 Å². The summed E-state index contributed by atoms with van der Waals surface area (Å²) in [7, 11) is 0. The Morgan fingerprint density at radius 2 is 2.00 bits per heavy atom. The highest BCUT2D eigenvalue weighted by Gasteiger charge is 2.14. The number of anilines is 1. The van der Waals surface area contributed by atoms with Crippen LogP contribution in [0.15, 0.2) is 39.7 Å². The van der Waals surface area contributed by atoms with Gasteiger partial charge >= 0.3 is 0 Å². The predicted octanol–water partition coefficient (Wildman–Crippen LogP) is 3.51. The van der Waals surface area contributed by atoms with Crippen molar-refractivity contribution < 1.29 is 13.9 Å². The van der Waals surface area contributed by atoms with Crippen molar-refractivity contribution in [3.8, 4) is 5.75 Å². The fourth-order valence-corrected chi connectivity index (χ4v) is 3.80. The summed E-state index contributed by atoms with van der Waals surface area (Å²) >= 11 is 13.7. The zero-order chi connectivity index (χ0) is 19.2. The molecule has 1 fully saturated rings. The lowest BCUT2D eigenvalue weighted by Gasteiger charge is -2.25. The van der Waals surface area contributed by atoms with Gasteiger partial charge in [0.2, 0.25) is 11.2 Å². The molecule has 0 radical (unpaired) electrons. The van der Waals surface area contributed by atoms with Crippen LogP contribution in [0.3, 0.4) is 0 Å². The summed E-state index contributed by atoms with van der Waals surface area (Å²) in [5, 5.41) is 3.34. The van der Waals surface area contributed by atoms with Gasteiger partial charge in [0.05, 0.1) is 16.6 Å². The minimum Gasteiger partial charge on any atom is -0.477 e. The number of amides is 1. The van der Waals surface area contributed by atoms with E-state index < -0.39 is 5.91 Å². The number of ether oxygens (including phenoxy) is 1. The first-order valence-electron chi connectivity index (χ1n) is 8.31. The molecular formula is C18H18Cl2N2O4S. The number of nitrogens with zero attached hydrogens (tertiary/aromatic N) is 1. The molecule has 1 aromatic heterocycles. The summed E-state index contributed by atoms with van der Waals surface area (Å²) in [5.74, 6) is 2.32. The van der Waals surface area contributed by atoms with E-state index in [0.29, 0.717) is 28.0 Å². The Hall–Kier alpha value is -1.67. The molecule has 1 amide bonds. The van der Waals surface area contributed by atoms with Crippen molar-refractivity contribution in [3.63, 3.8) is 0 Å². The average Bonchev–Trinajstić information content (AvgIpc) is 2.65. The number of thioether (sulfide) groups is 1. The molecular weight excluding hydrogens is 411 g/mol. The number of benzene rings is 1. The van der Waals surface area contributed by atoms with Gasteiger partial charge in [0.15, 0.2) is 6.61 Å². The first-order valence-corrected chi connectivity index (χ1v) is 10.2. The van der Waals surface area contributed by atoms with E-state index in [9.17, 15) is 9.59 Å². The zero-order valence-corrected chi connectivity index (χ0v) is 16.7. The van der Waals surface area contributed by atoms with Crippen LogP contribution in [0.5, 0.6) is 5.75 Å². The fraction of sp³-hybridized carbons (Fsp3) is 0.333. The molecule has 27 heavy (non-hydrogen) atoms. The second-order valence-corrected chi connectivity index (χ2v) is 7.97. The molecule has 3 rings (SSSR count). The third kappa shape index (κ3) is 5.90. The Balaban J connectivity index is 1.53. The molecule has 1 aromatic carbocycles. The van der Waals surface area contributed by atoms with Crippen LogP contribution in [0, 0.1) is 0 Å². The van der Waals surface area contributed by atoms with Crippen molar-refractivity contribution in [1.29, 1.82) is 0 Å². The number of carbonyl (C=O) groups excluding carboxylic acids is 1. The Bertz CT molecular complexity index is 869. The number of carbonyl (C=O) groups is 1. The van der Waals surface area contributed by atoms with Gasteiger partial charge in [0, 0.05) is 36.3 Å². The van der Waals surface area contributed by atoms with Crippen molar-refractivity contribution in [1.82, 2.24) is 4.90 Å². The smallest absolute Gasteiger partial charge is 0.262 e. The van der Waals surface area contributed by atoms with E-state index in [1.165, 1.54) is 18.4 Å². The standard InChI is InChI=1S/C18H18Cl2N2O4S/c19-14-2-1-12(7-15(14)20)21-18(24)11-26-17-10-25-13(8-16(17)23)9-22-3-5-27-6-4-22/h1-2,7-8,10H,3-6,9,11H2,(H,21,24). The van der Waals surface area contributed by atoms with E-state index in [4.69, 9.17) is 32.4 Å². The van der Waals surface area contributed by atoms with E-state index in [1.807, 2.05) is 11.8 Å². The van der Waals surface area contributed by atoms with Gasteiger partial charge in [-0.3, -0.25) is 14.5 Å². The van der Waals surface area contributed by atoms with Crippen molar-refractivity contribution in [2.75, 3.05) is 36.5 Å².